The Morgan fingerprint density at radius 2 is 1.77 bits per heavy atom. The zero-order chi connectivity index (χ0) is 18.6. The van der Waals surface area contributed by atoms with Crippen molar-refractivity contribution in [2.45, 2.75) is 6.04 Å². The van der Waals surface area contributed by atoms with Crippen molar-refractivity contribution >= 4 is 37.5 Å². The van der Waals surface area contributed by atoms with E-state index in [2.05, 4.69) is 22.2 Å². The molecule has 136 valence electrons. The van der Waals surface area contributed by atoms with Gasteiger partial charge >= 0.3 is 0 Å². The predicted octanol–water partition coefficient (Wildman–Crippen LogP) is 4.09. The molecule has 1 aromatic heterocycles. The number of fused-ring (bicyclic) bond motifs is 1. The van der Waals surface area contributed by atoms with Crippen molar-refractivity contribution in [2.75, 3.05) is 20.6 Å². The first-order chi connectivity index (χ1) is 12.5. The van der Waals surface area contributed by atoms with Crippen molar-refractivity contribution in [3.63, 3.8) is 0 Å². The zero-order valence-electron chi connectivity index (χ0n) is 14.8. The van der Waals surface area contributed by atoms with Gasteiger partial charge in [-0.15, -0.1) is 11.3 Å². The van der Waals surface area contributed by atoms with E-state index in [0.717, 1.165) is 11.1 Å². The summed E-state index contributed by atoms with van der Waals surface area (Å²) in [6.07, 6.45) is 1.60. The molecule has 0 aliphatic rings. The second kappa shape index (κ2) is 8.14. The van der Waals surface area contributed by atoms with Crippen molar-refractivity contribution in [3.05, 3.63) is 76.5 Å². The minimum absolute atomic E-state index is 0.0361. The van der Waals surface area contributed by atoms with E-state index in [4.69, 9.17) is 0 Å². The van der Waals surface area contributed by atoms with Crippen LogP contribution in [0.15, 0.2) is 65.4 Å². The number of likely N-dealkylation sites (N-methyl/N-ethyl adjacent to an activating group) is 1. The number of nitrogens with zero attached hydrogens (tertiary/aromatic N) is 1. The molecule has 2 aromatic carbocycles. The maximum absolute atomic E-state index is 12.4. The highest BCUT2D eigenvalue weighted by Gasteiger charge is 2.20. The summed E-state index contributed by atoms with van der Waals surface area (Å²) >= 11 is 1.68. The van der Waals surface area contributed by atoms with Gasteiger partial charge in [0, 0.05) is 22.7 Å². The van der Waals surface area contributed by atoms with Gasteiger partial charge in [-0.05, 0) is 48.1 Å². The molecule has 0 fully saturated rings. The number of nitrogens with one attached hydrogen (secondary N) is 1. The average molecular weight is 387 g/mol. The molecule has 3 rings (SSSR count). The highest BCUT2D eigenvalue weighted by Crippen LogP contribution is 2.32. The Balaban J connectivity index is 1.76. The predicted molar refractivity (Wildman–Crippen MR) is 111 cm³/mol. The van der Waals surface area contributed by atoms with E-state index < -0.39 is 10.0 Å². The first kappa shape index (κ1) is 18.8. The van der Waals surface area contributed by atoms with E-state index in [9.17, 15) is 8.42 Å². The molecule has 0 aliphatic heterocycles. The third-order valence-corrected chi connectivity index (χ3v) is 6.26. The Morgan fingerprint density at radius 3 is 2.50 bits per heavy atom. The number of sulfonamides is 1. The molecule has 0 saturated carbocycles. The van der Waals surface area contributed by atoms with Crippen LogP contribution < -0.4 is 4.72 Å². The molecule has 4 nitrogen and oxygen atoms in total. The number of benzene rings is 2. The summed E-state index contributed by atoms with van der Waals surface area (Å²) in [7, 11) is 0.420. The van der Waals surface area contributed by atoms with E-state index in [1.165, 1.54) is 15.5 Å². The molecule has 26 heavy (non-hydrogen) atoms. The summed E-state index contributed by atoms with van der Waals surface area (Å²) in [4.78, 5) is 2.04. The van der Waals surface area contributed by atoms with E-state index in [1.54, 1.807) is 17.4 Å². The lowest BCUT2D eigenvalue weighted by Gasteiger charge is -2.24. The first-order valence-electron chi connectivity index (χ1n) is 8.31. The number of rotatable bonds is 7. The molecule has 6 heteroatoms. The molecule has 0 saturated heterocycles. The normalized spacial score (nSPS) is 13.7. The Hall–Kier alpha value is -1.99. The lowest BCUT2D eigenvalue weighted by Crippen LogP contribution is -2.33. The van der Waals surface area contributed by atoms with Gasteiger partial charge in [-0.3, -0.25) is 0 Å². The molecule has 0 amide bonds. The van der Waals surface area contributed by atoms with Crippen LogP contribution in [0.1, 0.15) is 17.2 Å². The summed E-state index contributed by atoms with van der Waals surface area (Å²) in [5, 5.41) is 4.51. The van der Waals surface area contributed by atoms with Crippen LogP contribution in [0.4, 0.5) is 0 Å². The van der Waals surface area contributed by atoms with Gasteiger partial charge in [-0.1, -0.05) is 48.5 Å². The van der Waals surface area contributed by atoms with E-state index >= 15 is 0 Å². The Bertz CT molecular complexity index is 993. The summed E-state index contributed by atoms with van der Waals surface area (Å²) in [6, 6.07) is 17.6. The second-order valence-corrected chi connectivity index (χ2v) is 8.84. The van der Waals surface area contributed by atoms with Crippen molar-refractivity contribution < 1.29 is 8.42 Å². The molecule has 0 aliphatic carbocycles. The molecule has 1 atom stereocenters. The topological polar surface area (TPSA) is 49.4 Å². The monoisotopic (exact) mass is 386 g/mol. The van der Waals surface area contributed by atoms with Crippen LogP contribution in [-0.4, -0.2) is 34.0 Å². The van der Waals surface area contributed by atoms with Crippen molar-refractivity contribution in [1.82, 2.24) is 9.62 Å². The number of thiophene rings is 1. The van der Waals surface area contributed by atoms with Crippen molar-refractivity contribution in [1.29, 1.82) is 0 Å². The largest absolute Gasteiger partial charge is 0.301 e. The lowest BCUT2D eigenvalue weighted by molar-refractivity contribution is 0.302. The number of hydrogen-bond acceptors (Lipinski definition) is 4. The number of hydrogen-bond donors (Lipinski definition) is 1. The highest BCUT2D eigenvalue weighted by atomic mass is 32.2. The fourth-order valence-electron chi connectivity index (χ4n) is 2.80. The van der Waals surface area contributed by atoms with Crippen molar-refractivity contribution in [3.8, 4) is 0 Å². The van der Waals surface area contributed by atoms with Gasteiger partial charge in [0.2, 0.25) is 10.0 Å². The van der Waals surface area contributed by atoms with E-state index in [-0.39, 0.29) is 6.04 Å². The molecule has 1 unspecified atom stereocenters. The third kappa shape index (κ3) is 4.59. The van der Waals surface area contributed by atoms with Crippen LogP contribution in [0.3, 0.4) is 0 Å². The van der Waals surface area contributed by atoms with Crippen LogP contribution in [0, 0.1) is 0 Å². The molecule has 1 heterocycles. The van der Waals surface area contributed by atoms with Crippen molar-refractivity contribution in [2.24, 2.45) is 0 Å². The Labute approximate surface area is 158 Å². The Morgan fingerprint density at radius 1 is 1.08 bits per heavy atom. The van der Waals surface area contributed by atoms with E-state index in [0.29, 0.717) is 6.54 Å². The SMILES string of the molecule is CN(C)C(CNS(=O)(=O)C=Cc1ccccc1)c1csc2ccccc12. The van der Waals surface area contributed by atoms with Crippen LogP contribution in [-0.2, 0) is 10.0 Å². The maximum atomic E-state index is 12.4. The smallest absolute Gasteiger partial charge is 0.233 e. The third-order valence-electron chi connectivity index (χ3n) is 4.21. The average Bonchev–Trinajstić information content (AvgIpc) is 3.05. The second-order valence-electron chi connectivity index (χ2n) is 6.27. The van der Waals surface area contributed by atoms with Crippen LogP contribution >= 0.6 is 11.3 Å². The summed E-state index contributed by atoms with van der Waals surface area (Å²) in [5.41, 5.74) is 2.00. The fraction of sp³-hybridized carbons (Fsp3) is 0.200. The summed E-state index contributed by atoms with van der Waals surface area (Å²) in [5.74, 6) is 0. The van der Waals surface area contributed by atoms with Gasteiger partial charge in [0.1, 0.15) is 0 Å². The lowest BCUT2D eigenvalue weighted by atomic mass is 10.1. The molecular weight excluding hydrogens is 364 g/mol. The minimum atomic E-state index is -3.51. The van der Waals surface area contributed by atoms with Gasteiger partial charge in [0.15, 0.2) is 0 Å². The van der Waals surface area contributed by atoms with Crippen LogP contribution in [0.25, 0.3) is 16.2 Å². The molecule has 0 radical (unpaired) electrons. The maximum Gasteiger partial charge on any atom is 0.233 e. The van der Waals surface area contributed by atoms with Crippen LogP contribution in [0.2, 0.25) is 0 Å². The Kier molecular flexibility index (Phi) is 5.88. The summed E-state index contributed by atoms with van der Waals surface area (Å²) in [6.45, 7) is 0.315. The van der Waals surface area contributed by atoms with Crippen LogP contribution in [0.5, 0.6) is 0 Å². The minimum Gasteiger partial charge on any atom is -0.301 e. The van der Waals surface area contributed by atoms with Gasteiger partial charge < -0.3 is 4.90 Å². The van der Waals surface area contributed by atoms with E-state index in [1.807, 2.05) is 61.5 Å². The zero-order valence-corrected chi connectivity index (χ0v) is 16.4. The highest BCUT2D eigenvalue weighted by molar-refractivity contribution is 7.92. The summed E-state index contributed by atoms with van der Waals surface area (Å²) < 4.78 is 28.6. The molecule has 3 aromatic rings. The van der Waals surface area contributed by atoms with Gasteiger partial charge in [0.25, 0.3) is 0 Å². The molecule has 0 spiro atoms. The quantitative estimate of drug-likeness (QED) is 0.665. The first-order valence-corrected chi connectivity index (χ1v) is 10.7. The van der Waals surface area contributed by atoms with Gasteiger partial charge in [0.05, 0.1) is 0 Å². The molecule has 0 bridgehead atoms. The molecule has 1 N–H and O–H groups in total. The van der Waals surface area contributed by atoms with Gasteiger partial charge in [-0.25, -0.2) is 13.1 Å². The molecular formula is C20H22N2O2S2. The van der Waals surface area contributed by atoms with Gasteiger partial charge in [-0.2, -0.15) is 0 Å². The standard InChI is InChI=1S/C20H22N2O2S2/c1-22(2)19(18-15-25-20-11-7-6-10-17(18)20)14-21-26(23,24)13-12-16-8-4-3-5-9-16/h3-13,15,19,21H,14H2,1-2H3. The fourth-order valence-corrected chi connectivity index (χ4v) is 4.63.